The van der Waals surface area contributed by atoms with Crippen molar-refractivity contribution in [1.82, 2.24) is 20.0 Å². The highest BCUT2D eigenvalue weighted by molar-refractivity contribution is 9.10. The molecule has 0 saturated carbocycles. The topological polar surface area (TPSA) is 46.8 Å². The van der Waals surface area contributed by atoms with E-state index in [4.69, 9.17) is 0 Å². The molecule has 98 valence electrons. The summed E-state index contributed by atoms with van der Waals surface area (Å²) in [5.41, 5.74) is 2.18. The fourth-order valence-corrected chi connectivity index (χ4v) is 3.90. The van der Waals surface area contributed by atoms with Gasteiger partial charge in [0.2, 0.25) is 5.13 Å². The zero-order valence-electron chi connectivity index (χ0n) is 10.6. The second kappa shape index (κ2) is 5.58. The molecule has 0 atom stereocenters. The summed E-state index contributed by atoms with van der Waals surface area (Å²) >= 11 is 6.85. The van der Waals surface area contributed by atoms with Crippen LogP contribution in [0.1, 0.15) is 11.4 Å². The second-order valence-corrected chi connectivity index (χ2v) is 6.97. The van der Waals surface area contributed by atoms with E-state index in [1.165, 1.54) is 5.69 Å². The first kappa shape index (κ1) is 13.8. The molecular formula is C10H14BrN5S2. The largest absolute Gasteiger partial charge is 0.353 e. The molecule has 0 radical (unpaired) electrons. The normalized spacial score (nSPS) is 10.9. The molecule has 0 aliphatic heterocycles. The summed E-state index contributed by atoms with van der Waals surface area (Å²) < 4.78 is 3.96. The first-order valence-corrected chi connectivity index (χ1v) is 7.90. The maximum atomic E-state index is 4.37. The van der Waals surface area contributed by atoms with Crippen LogP contribution in [0, 0.1) is 6.92 Å². The van der Waals surface area contributed by atoms with Gasteiger partial charge in [-0.05, 0) is 22.9 Å². The van der Waals surface area contributed by atoms with E-state index >= 15 is 0 Å². The van der Waals surface area contributed by atoms with Crippen molar-refractivity contribution in [3.05, 3.63) is 15.9 Å². The molecule has 0 spiro atoms. The number of nitrogens with zero attached hydrogens (tertiary/aromatic N) is 5. The Morgan fingerprint density at radius 3 is 2.61 bits per heavy atom. The van der Waals surface area contributed by atoms with Gasteiger partial charge in [-0.1, -0.05) is 23.1 Å². The highest BCUT2D eigenvalue weighted by Crippen LogP contribution is 2.31. The number of aryl methyl sites for hydroxylation is 2. The maximum Gasteiger partial charge on any atom is 0.208 e. The minimum atomic E-state index is 0.833. The van der Waals surface area contributed by atoms with Crippen LogP contribution >= 0.6 is 39.0 Å². The Morgan fingerprint density at radius 1 is 1.39 bits per heavy atom. The lowest BCUT2D eigenvalue weighted by Gasteiger charge is -2.03. The molecular weight excluding hydrogens is 334 g/mol. The number of rotatable bonds is 4. The van der Waals surface area contributed by atoms with E-state index in [9.17, 15) is 0 Å². The second-order valence-electron chi connectivity index (χ2n) is 4.00. The van der Waals surface area contributed by atoms with Gasteiger partial charge >= 0.3 is 0 Å². The van der Waals surface area contributed by atoms with Crippen LogP contribution in [0.4, 0.5) is 5.13 Å². The van der Waals surface area contributed by atoms with Crippen molar-refractivity contribution < 1.29 is 0 Å². The third-order valence-electron chi connectivity index (χ3n) is 2.37. The fourth-order valence-electron chi connectivity index (χ4n) is 1.41. The molecule has 8 heteroatoms. The lowest BCUT2D eigenvalue weighted by atomic mass is 10.4. The van der Waals surface area contributed by atoms with Gasteiger partial charge in [-0.3, -0.25) is 4.68 Å². The Hall–Kier alpha value is -0.600. The molecule has 2 rings (SSSR count). The highest BCUT2D eigenvalue weighted by atomic mass is 79.9. The van der Waals surface area contributed by atoms with E-state index < -0.39 is 0 Å². The Morgan fingerprint density at radius 2 is 2.11 bits per heavy atom. The van der Waals surface area contributed by atoms with Crippen molar-refractivity contribution in [2.75, 3.05) is 19.0 Å². The summed E-state index contributed by atoms with van der Waals surface area (Å²) in [7, 11) is 5.89. The van der Waals surface area contributed by atoms with Gasteiger partial charge in [0.15, 0.2) is 4.34 Å². The van der Waals surface area contributed by atoms with Crippen molar-refractivity contribution >= 4 is 44.2 Å². The SMILES string of the molecule is Cc1nn(C)c(CSc2nnc(N(C)C)s2)c1Br. The maximum absolute atomic E-state index is 4.37. The molecule has 0 bridgehead atoms. The Kier molecular flexibility index (Phi) is 4.29. The number of anilines is 1. The van der Waals surface area contributed by atoms with E-state index in [-0.39, 0.29) is 0 Å². The number of aromatic nitrogens is 4. The first-order chi connectivity index (χ1) is 8.49. The van der Waals surface area contributed by atoms with Crippen molar-refractivity contribution in [2.45, 2.75) is 17.0 Å². The molecule has 2 aromatic heterocycles. The van der Waals surface area contributed by atoms with Gasteiger partial charge in [0.05, 0.1) is 15.9 Å². The predicted molar refractivity (Wildman–Crippen MR) is 79.4 cm³/mol. The molecule has 18 heavy (non-hydrogen) atoms. The van der Waals surface area contributed by atoms with E-state index in [0.29, 0.717) is 0 Å². The van der Waals surface area contributed by atoms with Gasteiger partial charge < -0.3 is 4.90 Å². The standard InChI is InChI=1S/C10H14BrN5S2/c1-6-8(11)7(16(4)14-6)5-17-10-13-12-9(18-10)15(2)3/h5H2,1-4H3. The Bertz CT molecular complexity index is 548. The van der Waals surface area contributed by atoms with Crippen LogP contribution in [0.15, 0.2) is 8.81 Å². The van der Waals surface area contributed by atoms with Gasteiger partial charge in [-0.25, -0.2) is 0 Å². The molecule has 0 amide bonds. The van der Waals surface area contributed by atoms with Crippen LogP contribution in [-0.2, 0) is 12.8 Å². The molecule has 0 unspecified atom stereocenters. The van der Waals surface area contributed by atoms with E-state index in [1.54, 1.807) is 23.1 Å². The van der Waals surface area contributed by atoms with Crippen molar-refractivity contribution in [1.29, 1.82) is 0 Å². The van der Waals surface area contributed by atoms with Gasteiger partial charge in [0, 0.05) is 26.9 Å². The number of thioether (sulfide) groups is 1. The molecule has 0 N–H and O–H groups in total. The third kappa shape index (κ3) is 2.86. The van der Waals surface area contributed by atoms with Crippen molar-refractivity contribution in [3.63, 3.8) is 0 Å². The van der Waals surface area contributed by atoms with Crippen LogP contribution in [-0.4, -0.2) is 34.1 Å². The molecule has 0 saturated heterocycles. The predicted octanol–water partition coefficient (Wildman–Crippen LogP) is 2.70. The number of hydrogen-bond donors (Lipinski definition) is 0. The minimum absolute atomic E-state index is 0.833. The van der Waals surface area contributed by atoms with Crippen LogP contribution in [0.3, 0.4) is 0 Å². The summed E-state index contributed by atoms with van der Waals surface area (Å²) in [6, 6.07) is 0. The van der Waals surface area contributed by atoms with Crippen molar-refractivity contribution in [2.24, 2.45) is 7.05 Å². The summed E-state index contributed by atoms with van der Waals surface area (Å²) in [6.45, 7) is 1.99. The quantitative estimate of drug-likeness (QED) is 0.795. The number of hydrogen-bond acceptors (Lipinski definition) is 6. The average molecular weight is 348 g/mol. The molecule has 0 aromatic carbocycles. The summed E-state index contributed by atoms with van der Waals surface area (Å²) in [4.78, 5) is 1.96. The summed E-state index contributed by atoms with van der Waals surface area (Å²) in [5.74, 6) is 0.833. The first-order valence-electron chi connectivity index (χ1n) is 5.30. The Balaban J connectivity index is 2.06. The third-order valence-corrected chi connectivity index (χ3v) is 5.64. The molecule has 2 heterocycles. The Labute approximate surface area is 123 Å². The molecule has 0 fully saturated rings. The lowest BCUT2D eigenvalue weighted by Crippen LogP contribution is -2.07. The van der Waals surface area contributed by atoms with Gasteiger partial charge in [0.25, 0.3) is 0 Å². The van der Waals surface area contributed by atoms with Crippen LogP contribution in [0.25, 0.3) is 0 Å². The molecule has 2 aromatic rings. The van der Waals surface area contributed by atoms with Crippen LogP contribution < -0.4 is 4.90 Å². The molecule has 0 aliphatic rings. The van der Waals surface area contributed by atoms with Crippen LogP contribution in [0.5, 0.6) is 0 Å². The van der Waals surface area contributed by atoms with E-state index in [2.05, 4.69) is 31.2 Å². The zero-order valence-corrected chi connectivity index (χ0v) is 13.9. The number of halogens is 1. The fraction of sp³-hybridized carbons (Fsp3) is 0.500. The summed E-state index contributed by atoms with van der Waals surface area (Å²) in [5, 5.41) is 13.6. The lowest BCUT2D eigenvalue weighted by molar-refractivity contribution is 0.727. The van der Waals surface area contributed by atoms with Crippen LogP contribution in [0.2, 0.25) is 0 Å². The van der Waals surface area contributed by atoms with Gasteiger partial charge in [0.1, 0.15) is 0 Å². The van der Waals surface area contributed by atoms with E-state index in [0.717, 1.165) is 25.4 Å². The minimum Gasteiger partial charge on any atom is -0.353 e. The smallest absolute Gasteiger partial charge is 0.208 e. The monoisotopic (exact) mass is 347 g/mol. The molecule has 0 aliphatic carbocycles. The van der Waals surface area contributed by atoms with Gasteiger partial charge in [-0.2, -0.15) is 5.10 Å². The summed E-state index contributed by atoms with van der Waals surface area (Å²) in [6.07, 6.45) is 0. The van der Waals surface area contributed by atoms with Gasteiger partial charge in [-0.15, -0.1) is 10.2 Å². The molecule has 5 nitrogen and oxygen atoms in total. The van der Waals surface area contributed by atoms with E-state index in [1.807, 2.05) is 37.6 Å². The zero-order chi connectivity index (χ0) is 13.3. The highest BCUT2D eigenvalue weighted by Gasteiger charge is 2.13. The van der Waals surface area contributed by atoms with Crippen molar-refractivity contribution in [3.8, 4) is 0 Å². The average Bonchev–Trinajstić information content (AvgIpc) is 2.85.